The van der Waals surface area contributed by atoms with Gasteiger partial charge in [-0.25, -0.2) is 0 Å². The third-order valence-corrected chi connectivity index (χ3v) is 14.5. The van der Waals surface area contributed by atoms with Gasteiger partial charge in [0, 0.05) is 10.8 Å². The molecule has 11 aromatic rings. The lowest BCUT2D eigenvalue weighted by Gasteiger charge is -2.32. The summed E-state index contributed by atoms with van der Waals surface area (Å²) in [5.74, 6) is 0. The first-order chi connectivity index (χ1) is 34.0. The Labute approximate surface area is 444 Å². The Bertz CT molecular complexity index is 4330. The zero-order valence-electron chi connectivity index (χ0n) is 38.2. The molecule has 72 heavy (non-hydrogen) atoms. The van der Waals surface area contributed by atoms with Crippen LogP contribution in [0.4, 0.5) is 0 Å². The maximum atomic E-state index is 7.34. The van der Waals surface area contributed by atoms with Crippen LogP contribution in [0.2, 0.25) is 0 Å². The molecule has 1 nitrogen and oxygen atoms in total. The molecule has 0 fully saturated rings. The van der Waals surface area contributed by atoms with Crippen LogP contribution in [0.3, 0.4) is 0 Å². The number of furan rings is 1. The lowest BCUT2D eigenvalue weighted by molar-refractivity contribution is 0.669. The molecule has 0 aliphatic heterocycles. The SMILES string of the molecule is [B]c1c([B])c([B])c2c([B])c(-c3c([B])c([B])c4c([B])c(-c5c6c([B])c([B])c([B])c([B])c6c(-c6ccc7oc8cc9ccccc9cc8c7c6)c6c([B])c([B])c([B])c([B])c56)c([B])c([B])c4c3[B])c([B])c([B])c2c1[B]. The summed E-state index contributed by atoms with van der Waals surface area (Å²) in [5, 5.41) is 4.97. The Morgan fingerprint density at radius 3 is 0.931 bits per heavy atom. The van der Waals surface area contributed by atoms with Crippen molar-refractivity contribution in [2.24, 2.45) is 0 Å². The lowest BCUT2D eigenvalue weighted by Crippen LogP contribution is -2.53. The van der Waals surface area contributed by atoms with E-state index in [0.717, 1.165) is 21.5 Å². The molecule has 1 aromatic heterocycles. The van der Waals surface area contributed by atoms with Gasteiger partial charge in [0.2, 0.25) is 0 Å². The molecule has 0 spiro atoms. The molecule has 0 N–H and O–H groups in total. The van der Waals surface area contributed by atoms with Crippen molar-refractivity contribution in [3.63, 3.8) is 0 Å². The minimum Gasteiger partial charge on any atom is -0.456 e. The van der Waals surface area contributed by atoms with Crippen LogP contribution >= 0.6 is 0 Å². The van der Waals surface area contributed by atoms with Crippen molar-refractivity contribution >= 4 is 355 Å². The third-order valence-electron chi connectivity index (χ3n) is 14.5. The molecule has 0 aliphatic rings. The van der Waals surface area contributed by atoms with E-state index in [2.05, 4.69) is 6.07 Å². The van der Waals surface area contributed by atoms with Crippen LogP contribution in [-0.2, 0) is 0 Å². The van der Waals surface area contributed by atoms with Crippen molar-refractivity contribution < 1.29 is 4.42 Å². The summed E-state index contributed by atoms with van der Waals surface area (Å²) in [7, 11) is 144. The van der Waals surface area contributed by atoms with Gasteiger partial charge < -0.3 is 4.42 Å². The second-order valence-electron chi connectivity index (χ2n) is 18.1. The first kappa shape index (κ1) is 48.9. The number of fused-ring (bicyclic) bond motifs is 8. The van der Waals surface area contributed by atoms with Gasteiger partial charge in [-0.05, 0) is 112 Å². The Kier molecular flexibility index (Phi) is 11.4. The molecule has 0 amide bonds. The molecule has 0 aliphatic carbocycles. The normalized spacial score (nSPS) is 11.9. The molecule has 1 heterocycles. The first-order valence-electron chi connectivity index (χ1n) is 21.9. The van der Waals surface area contributed by atoms with Crippen LogP contribution in [-0.4, -0.2) is 165 Å². The summed E-state index contributed by atoms with van der Waals surface area (Å²) in [6.07, 6.45) is 0. The van der Waals surface area contributed by atoms with Gasteiger partial charge in [0.25, 0.3) is 0 Å². The summed E-state index contributed by atoms with van der Waals surface area (Å²) in [4.78, 5) is 0. The van der Waals surface area contributed by atoms with Crippen molar-refractivity contribution in [3.8, 4) is 33.4 Å². The minimum absolute atomic E-state index is 0.00340. The van der Waals surface area contributed by atoms with Crippen molar-refractivity contribution in [2.75, 3.05) is 0 Å². The van der Waals surface area contributed by atoms with Gasteiger partial charge in [0.15, 0.2) is 0 Å². The van der Waals surface area contributed by atoms with E-state index in [1.807, 2.05) is 48.5 Å². The van der Waals surface area contributed by atoms with Crippen LogP contribution < -0.4 is 115 Å². The number of rotatable bonds is 3. The highest BCUT2D eigenvalue weighted by molar-refractivity contribution is 6.76. The Morgan fingerprint density at radius 1 is 0.222 bits per heavy atom. The third kappa shape index (κ3) is 6.38. The Hall–Kier alpha value is -5.34. The second-order valence-corrected chi connectivity index (χ2v) is 18.1. The Morgan fingerprint density at radius 2 is 0.528 bits per heavy atom. The summed E-state index contributed by atoms with van der Waals surface area (Å²) in [6.45, 7) is 0. The number of benzene rings is 10. The molecule has 42 radical (unpaired) electrons. The molecule has 22 heteroatoms. The fourth-order valence-corrected chi connectivity index (χ4v) is 10.7. The maximum absolute atomic E-state index is 7.34. The molecule has 0 bridgehead atoms. The maximum Gasteiger partial charge on any atom is 0.136 e. The fourth-order valence-electron chi connectivity index (χ4n) is 10.7. The average Bonchev–Trinajstić information content (AvgIpc) is 3.72. The van der Waals surface area contributed by atoms with Gasteiger partial charge in [-0.1, -0.05) is 112 Å². The lowest BCUT2D eigenvalue weighted by atomic mass is 9.55. The van der Waals surface area contributed by atoms with E-state index in [1.165, 1.54) is 0 Å². The van der Waals surface area contributed by atoms with Crippen LogP contribution in [0.5, 0.6) is 0 Å². The monoisotopic (exact) mass is 856 g/mol. The molecule has 10 aromatic carbocycles. The molecule has 0 atom stereocenters. The van der Waals surface area contributed by atoms with E-state index in [9.17, 15) is 0 Å². The van der Waals surface area contributed by atoms with Crippen molar-refractivity contribution in [2.45, 2.75) is 0 Å². The van der Waals surface area contributed by atoms with E-state index in [0.29, 0.717) is 22.3 Å². The van der Waals surface area contributed by atoms with Gasteiger partial charge in [0.05, 0.1) is 0 Å². The smallest absolute Gasteiger partial charge is 0.136 e. The highest BCUT2D eigenvalue weighted by atomic mass is 16.3. The van der Waals surface area contributed by atoms with Gasteiger partial charge in [-0.15, -0.1) is 32.8 Å². The summed E-state index contributed by atoms with van der Waals surface area (Å²) < 4.78 is 6.37. The average molecular weight is 853 g/mol. The van der Waals surface area contributed by atoms with E-state index in [-0.39, 0.29) is 180 Å². The minimum atomic E-state index is -0.143. The van der Waals surface area contributed by atoms with E-state index in [1.54, 1.807) is 0 Å². The predicted octanol–water partition coefficient (Wildman–Crippen LogP) is -11.0. The molecular weight excluding hydrogens is 844 g/mol. The van der Waals surface area contributed by atoms with Gasteiger partial charge >= 0.3 is 0 Å². The van der Waals surface area contributed by atoms with E-state index >= 15 is 0 Å². The quantitative estimate of drug-likeness (QED) is 0.127. The summed E-state index contributed by atoms with van der Waals surface area (Å²) in [5.41, 5.74) is 1.26. The summed E-state index contributed by atoms with van der Waals surface area (Å²) in [6, 6.07) is 17.6. The second kappa shape index (κ2) is 16.8. The molecular formula is C50H9B21O. The van der Waals surface area contributed by atoms with Crippen LogP contribution in [0.15, 0.2) is 59.0 Å². The van der Waals surface area contributed by atoms with E-state index in [4.69, 9.17) is 169 Å². The van der Waals surface area contributed by atoms with Gasteiger partial charge in [-0.3, -0.25) is 0 Å². The van der Waals surface area contributed by atoms with Crippen LogP contribution in [0.25, 0.3) is 109 Å². The Balaban J connectivity index is 1.30. The van der Waals surface area contributed by atoms with Crippen molar-refractivity contribution in [1.82, 2.24) is 0 Å². The predicted molar refractivity (Wildman–Crippen MR) is 331 cm³/mol. The van der Waals surface area contributed by atoms with Crippen LogP contribution in [0, 0.1) is 0 Å². The highest BCUT2D eigenvalue weighted by Crippen LogP contribution is 2.42. The fraction of sp³-hybridized carbons (Fsp3) is 0. The molecule has 0 unspecified atom stereocenters. The number of hydrogen-bond acceptors (Lipinski definition) is 1. The molecule has 278 valence electrons. The van der Waals surface area contributed by atoms with Gasteiger partial charge in [0.1, 0.15) is 176 Å². The topological polar surface area (TPSA) is 13.1 Å². The largest absolute Gasteiger partial charge is 0.456 e. The standard InChI is InChI=1S/C50H9B21O/c51-30-23(37(58)38(59)25-24(30)39(60)40(61)26(31(25)52)27-32(53)28-29(42(63)41(27)62)44(65)50(71)49(70)43(28)64)18-21-19(33(54)45(66)47(68)35(21)56)17(20-22(18)36(57)48(69)46(67)34(20)55)12-5-6-15-13(8-12)14-7-10-3-1-2-4-11(10)9-16(14)72-15/h1-9H. The van der Waals surface area contributed by atoms with E-state index < -0.39 is 0 Å². The zero-order valence-corrected chi connectivity index (χ0v) is 38.2. The molecule has 0 saturated carbocycles. The highest BCUT2D eigenvalue weighted by Gasteiger charge is 2.29. The van der Waals surface area contributed by atoms with Crippen LogP contribution in [0.1, 0.15) is 0 Å². The van der Waals surface area contributed by atoms with Crippen molar-refractivity contribution in [1.29, 1.82) is 0 Å². The summed E-state index contributed by atoms with van der Waals surface area (Å²) >= 11 is 0. The molecule has 11 rings (SSSR count). The zero-order chi connectivity index (χ0) is 51.7. The number of hydrogen-bond donors (Lipinski definition) is 0. The van der Waals surface area contributed by atoms with Crippen molar-refractivity contribution in [3.05, 3.63) is 54.6 Å². The van der Waals surface area contributed by atoms with Gasteiger partial charge in [-0.2, -0.15) is 0 Å². The molecule has 0 saturated heterocycles. The first-order valence-corrected chi connectivity index (χ1v) is 21.9.